The lowest BCUT2D eigenvalue weighted by Gasteiger charge is -2.29. The Bertz CT molecular complexity index is 294. The van der Waals surface area contributed by atoms with Crippen molar-refractivity contribution in [3.8, 4) is 0 Å². The summed E-state index contributed by atoms with van der Waals surface area (Å²) >= 11 is 0. The number of hydrogen-bond acceptors (Lipinski definition) is 3. The Morgan fingerprint density at radius 3 is 2.82 bits per heavy atom. The van der Waals surface area contributed by atoms with Gasteiger partial charge in [-0.3, -0.25) is 4.79 Å². The summed E-state index contributed by atoms with van der Waals surface area (Å²) < 4.78 is 0. The summed E-state index contributed by atoms with van der Waals surface area (Å²) in [6, 6.07) is 0. The molecule has 0 aromatic carbocycles. The molecule has 0 aromatic rings. The van der Waals surface area contributed by atoms with Crippen LogP contribution >= 0.6 is 0 Å². The predicted molar refractivity (Wildman–Crippen MR) is 67.5 cm³/mol. The van der Waals surface area contributed by atoms with Crippen LogP contribution in [0.4, 0.5) is 0 Å². The third-order valence-electron chi connectivity index (χ3n) is 3.17. The highest BCUT2D eigenvalue weighted by molar-refractivity contribution is 5.83. The number of carbonyl (C=O) groups excluding carboxylic acids is 1. The van der Waals surface area contributed by atoms with E-state index in [0.29, 0.717) is 6.42 Å². The number of aliphatic hydroxyl groups excluding tert-OH is 2. The second kappa shape index (κ2) is 7.41. The number of unbranched alkanes of at least 4 members (excludes halogenated alkanes) is 1. The monoisotopic (exact) mass is 238 g/mol. The van der Waals surface area contributed by atoms with Gasteiger partial charge in [0.1, 0.15) is 5.78 Å². The van der Waals surface area contributed by atoms with Gasteiger partial charge in [0.2, 0.25) is 0 Å². The van der Waals surface area contributed by atoms with E-state index in [2.05, 4.69) is 13.0 Å². The summed E-state index contributed by atoms with van der Waals surface area (Å²) in [5, 5.41) is 18.8. The average Bonchev–Trinajstić information content (AvgIpc) is 2.28. The van der Waals surface area contributed by atoms with Gasteiger partial charge in [0.05, 0.1) is 12.7 Å². The molecule has 2 N–H and O–H groups in total. The van der Waals surface area contributed by atoms with Crippen LogP contribution in [0, 0.1) is 11.8 Å². The van der Waals surface area contributed by atoms with Crippen molar-refractivity contribution in [1.29, 1.82) is 0 Å². The van der Waals surface area contributed by atoms with E-state index in [1.807, 2.05) is 18.2 Å². The van der Waals surface area contributed by atoms with Crippen molar-refractivity contribution in [2.24, 2.45) is 11.8 Å². The zero-order valence-corrected chi connectivity index (χ0v) is 10.4. The molecule has 1 fully saturated rings. The Kier molecular flexibility index (Phi) is 6.16. The van der Waals surface area contributed by atoms with Crippen LogP contribution in [0.2, 0.25) is 0 Å². The van der Waals surface area contributed by atoms with Crippen molar-refractivity contribution < 1.29 is 15.0 Å². The van der Waals surface area contributed by atoms with Crippen LogP contribution in [0.15, 0.2) is 24.3 Å². The second-order valence-corrected chi connectivity index (χ2v) is 4.61. The lowest BCUT2D eigenvalue weighted by molar-refractivity contribution is -0.131. The van der Waals surface area contributed by atoms with Crippen molar-refractivity contribution >= 4 is 5.78 Å². The molecule has 0 spiro atoms. The molecule has 0 aliphatic heterocycles. The van der Waals surface area contributed by atoms with Crippen LogP contribution in [0.5, 0.6) is 0 Å². The molecular weight excluding hydrogens is 216 g/mol. The molecule has 1 rings (SSSR count). The molecule has 3 heteroatoms. The lowest BCUT2D eigenvalue weighted by Crippen LogP contribution is -2.36. The molecule has 17 heavy (non-hydrogen) atoms. The minimum absolute atomic E-state index is 0.0292. The van der Waals surface area contributed by atoms with E-state index >= 15 is 0 Å². The molecule has 96 valence electrons. The van der Waals surface area contributed by atoms with Crippen molar-refractivity contribution in [3.63, 3.8) is 0 Å². The lowest BCUT2D eigenvalue weighted by atomic mass is 9.77. The molecule has 1 aliphatic rings. The van der Waals surface area contributed by atoms with Gasteiger partial charge >= 0.3 is 0 Å². The summed E-state index contributed by atoms with van der Waals surface area (Å²) in [5.74, 6) is -0.407. The molecule has 3 unspecified atom stereocenters. The maximum absolute atomic E-state index is 11.6. The largest absolute Gasteiger partial charge is 0.396 e. The first-order valence-electron chi connectivity index (χ1n) is 6.34. The molecule has 3 atom stereocenters. The number of ketones is 1. The Hall–Kier alpha value is -0.930. The Morgan fingerprint density at radius 1 is 1.41 bits per heavy atom. The highest BCUT2D eigenvalue weighted by Gasteiger charge is 2.33. The third-order valence-corrected chi connectivity index (χ3v) is 3.17. The average molecular weight is 238 g/mol. The minimum Gasteiger partial charge on any atom is -0.396 e. The fourth-order valence-electron chi connectivity index (χ4n) is 2.18. The van der Waals surface area contributed by atoms with Crippen LogP contribution in [0.1, 0.15) is 32.6 Å². The van der Waals surface area contributed by atoms with Gasteiger partial charge in [-0.25, -0.2) is 0 Å². The van der Waals surface area contributed by atoms with Gasteiger partial charge in [-0.2, -0.15) is 0 Å². The van der Waals surface area contributed by atoms with E-state index in [1.165, 1.54) is 0 Å². The van der Waals surface area contributed by atoms with Crippen LogP contribution in [0.3, 0.4) is 0 Å². The van der Waals surface area contributed by atoms with E-state index < -0.39 is 6.10 Å². The van der Waals surface area contributed by atoms with Gasteiger partial charge in [0.15, 0.2) is 0 Å². The molecule has 1 aliphatic carbocycles. The van der Waals surface area contributed by atoms with Crippen LogP contribution < -0.4 is 0 Å². The van der Waals surface area contributed by atoms with E-state index in [-0.39, 0.29) is 30.6 Å². The Labute approximate surface area is 103 Å². The number of hydrogen-bond donors (Lipinski definition) is 2. The molecular formula is C14H22O3. The summed E-state index contributed by atoms with van der Waals surface area (Å²) in [7, 11) is 0. The topological polar surface area (TPSA) is 57.5 Å². The quantitative estimate of drug-likeness (QED) is 0.719. The number of rotatable bonds is 5. The van der Waals surface area contributed by atoms with Crippen molar-refractivity contribution in [2.75, 3.05) is 6.61 Å². The van der Waals surface area contributed by atoms with E-state index in [0.717, 1.165) is 12.8 Å². The highest BCUT2D eigenvalue weighted by atomic mass is 16.3. The minimum atomic E-state index is -0.556. The summed E-state index contributed by atoms with van der Waals surface area (Å²) in [6.07, 6.45) is 10.2. The number of Topliss-reactive ketones (excluding diaryl/α,β-unsaturated/α-hetero) is 1. The second-order valence-electron chi connectivity index (χ2n) is 4.61. The molecule has 0 heterocycles. The zero-order chi connectivity index (χ0) is 12.7. The predicted octanol–water partition coefficient (Wildman–Crippen LogP) is 1.85. The summed E-state index contributed by atoms with van der Waals surface area (Å²) in [6.45, 7) is 1.99. The SMILES string of the molecule is CCCC=CC=CC1CC(O)CC(=O)C1CO. The fraction of sp³-hybridized carbons (Fsp3) is 0.643. The number of allylic oxidation sites excluding steroid dienone is 4. The van der Waals surface area contributed by atoms with Crippen molar-refractivity contribution in [1.82, 2.24) is 0 Å². The molecule has 0 saturated heterocycles. The number of carbonyl (C=O) groups is 1. The number of aliphatic hydroxyl groups is 2. The van der Waals surface area contributed by atoms with Gasteiger partial charge < -0.3 is 10.2 Å². The van der Waals surface area contributed by atoms with Crippen LogP contribution in [-0.4, -0.2) is 28.7 Å². The highest BCUT2D eigenvalue weighted by Crippen LogP contribution is 2.28. The Balaban J connectivity index is 2.56. The first-order valence-corrected chi connectivity index (χ1v) is 6.34. The van der Waals surface area contributed by atoms with E-state index in [9.17, 15) is 15.0 Å². The van der Waals surface area contributed by atoms with Gasteiger partial charge in [-0.15, -0.1) is 0 Å². The van der Waals surface area contributed by atoms with E-state index in [4.69, 9.17) is 0 Å². The summed E-state index contributed by atoms with van der Waals surface area (Å²) in [5.41, 5.74) is 0. The van der Waals surface area contributed by atoms with Crippen LogP contribution in [-0.2, 0) is 4.79 Å². The van der Waals surface area contributed by atoms with Crippen molar-refractivity contribution in [2.45, 2.75) is 38.7 Å². The third kappa shape index (κ3) is 4.44. The van der Waals surface area contributed by atoms with E-state index in [1.54, 1.807) is 0 Å². The molecule has 0 aromatic heterocycles. The maximum atomic E-state index is 11.6. The van der Waals surface area contributed by atoms with Gasteiger partial charge in [-0.1, -0.05) is 37.6 Å². The fourth-order valence-corrected chi connectivity index (χ4v) is 2.18. The molecule has 1 saturated carbocycles. The zero-order valence-electron chi connectivity index (χ0n) is 10.4. The summed E-state index contributed by atoms with van der Waals surface area (Å²) in [4.78, 5) is 11.6. The molecule has 3 nitrogen and oxygen atoms in total. The van der Waals surface area contributed by atoms with Crippen LogP contribution in [0.25, 0.3) is 0 Å². The van der Waals surface area contributed by atoms with Crippen molar-refractivity contribution in [3.05, 3.63) is 24.3 Å². The first kappa shape index (κ1) is 14.1. The molecule has 0 amide bonds. The molecule has 0 radical (unpaired) electrons. The van der Waals surface area contributed by atoms with Gasteiger partial charge in [0, 0.05) is 12.3 Å². The first-order chi connectivity index (χ1) is 8.19. The normalized spacial score (nSPS) is 30.5. The standard InChI is InChI=1S/C14H22O3/c1-2-3-4-5-6-7-11-8-12(16)9-14(17)13(11)10-15/h4-7,11-13,15-16H,2-3,8-10H2,1H3. The Morgan fingerprint density at radius 2 is 2.18 bits per heavy atom. The smallest absolute Gasteiger partial charge is 0.141 e. The van der Waals surface area contributed by atoms with Gasteiger partial charge in [-0.05, 0) is 18.8 Å². The molecule has 0 bridgehead atoms. The van der Waals surface area contributed by atoms with Gasteiger partial charge in [0.25, 0.3) is 0 Å². The maximum Gasteiger partial charge on any atom is 0.141 e.